The third kappa shape index (κ3) is 7.24. The van der Waals surface area contributed by atoms with Gasteiger partial charge >= 0.3 is 35.0 Å². The highest BCUT2D eigenvalue weighted by Gasteiger charge is 2.17. The summed E-state index contributed by atoms with van der Waals surface area (Å²) in [6.45, 7) is 7.79. The van der Waals surface area contributed by atoms with Gasteiger partial charge < -0.3 is 14.2 Å². The van der Waals surface area contributed by atoms with Crippen molar-refractivity contribution in [3.63, 3.8) is 0 Å². The van der Waals surface area contributed by atoms with Gasteiger partial charge in [0.05, 0.1) is 25.6 Å². The minimum absolute atomic E-state index is 0.277. The summed E-state index contributed by atoms with van der Waals surface area (Å²) in [6.07, 6.45) is 1.83. The first-order valence-electron chi connectivity index (χ1n) is 9.33. The van der Waals surface area contributed by atoms with E-state index in [2.05, 4.69) is 13.2 Å². The predicted molar refractivity (Wildman–Crippen MR) is 107 cm³/mol. The van der Waals surface area contributed by atoms with Crippen LogP contribution in [0.3, 0.4) is 0 Å². The van der Waals surface area contributed by atoms with E-state index in [1.165, 1.54) is 0 Å². The summed E-state index contributed by atoms with van der Waals surface area (Å²) >= 11 is 0. The molecular weight excluding hydrogens is 414 g/mol. The zero-order valence-electron chi connectivity index (χ0n) is 17.4. The summed E-state index contributed by atoms with van der Waals surface area (Å²) in [5.41, 5.74) is -2.91. The summed E-state index contributed by atoms with van der Waals surface area (Å²) in [7, 11) is 0. The molecule has 0 aliphatic rings. The molecule has 12 heteroatoms. The van der Waals surface area contributed by atoms with Crippen molar-refractivity contribution < 1.29 is 28.6 Å². The zero-order valence-corrected chi connectivity index (χ0v) is 17.4. The van der Waals surface area contributed by atoms with Crippen LogP contribution in [0.2, 0.25) is 0 Å². The van der Waals surface area contributed by atoms with Crippen LogP contribution >= 0.6 is 0 Å². The topological polar surface area (TPSA) is 145 Å². The molecule has 12 nitrogen and oxygen atoms in total. The van der Waals surface area contributed by atoms with Gasteiger partial charge in [-0.2, -0.15) is 0 Å². The maximum absolute atomic E-state index is 12.7. The van der Waals surface area contributed by atoms with Gasteiger partial charge in [-0.15, -0.1) is 0 Å². The molecule has 0 atom stereocenters. The molecule has 0 aromatic carbocycles. The van der Waals surface area contributed by atoms with Gasteiger partial charge in [0, 0.05) is 12.2 Å². The maximum atomic E-state index is 12.7. The summed E-state index contributed by atoms with van der Waals surface area (Å²) in [5, 5.41) is 0. The fourth-order valence-electron chi connectivity index (χ4n) is 2.25. The predicted octanol–water partition coefficient (Wildman–Crippen LogP) is -1.17. The highest BCUT2D eigenvalue weighted by Crippen LogP contribution is 1.95. The van der Waals surface area contributed by atoms with Gasteiger partial charge in [0.15, 0.2) is 0 Å². The average molecular weight is 439 g/mol. The molecule has 0 N–H and O–H groups in total. The average Bonchev–Trinajstić information content (AvgIpc) is 2.74. The number of carbonyl (C=O) groups excluding carboxylic acids is 3. The van der Waals surface area contributed by atoms with E-state index in [0.29, 0.717) is 13.7 Å². The SMILES string of the molecule is C=CC(=O)OCCn1c(=O)n(CCOC(=O)C=C)c(=O)n(CCOC(=O)C(C)C)c1=O. The van der Waals surface area contributed by atoms with Crippen molar-refractivity contribution in [1.29, 1.82) is 0 Å². The molecule has 0 spiro atoms. The van der Waals surface area contributed by atoms with Crippen molar-refractivity contribution in [2.24, 2.45) is 5.92 Å². The van der Waals surface area contributed by atoms with Crippen LogP contribution in [0.1, 0.15) is 13.8 Å². The lowest BCUT2D eigenvalue weighted by atomic mass is 10.2. The molecule has 170 valence electrons. The molecule has 0 radical (unpaired) electrons. The first kappa shape index (κ1) is 25.3. The highest BCUT2D eigenvalue weighted by atomic mass is 16.5. The number of aromatic nitrogens is 3. The summed E-state index contributed by atoms with van der Waals surface area (Å²) < 4.78 is 16.6. The van der Waals surface area contributed by atoms with Crippen LogP contribution in [-0.4, -0.2) is 51.4 Å². The van der Waals surface area contributed by atoms with E-state index in [4.69, 9.17) is 14.2 Å². The summed E-state index contributed by atoms with van der Waals surface area (Å²) in [6, 6.07) is 0. The summed E-state index contributed by atoms with van der Waals surface area (Å²) in [4.78, 5) is 71.9. The van der Waals surface area contributed by atoms with E-state index in [-0.39, 0.29) is 39.5 Å². The Morgan fingerprint density at radius 2 is 1.06 bits per heavy atom. The second-order valence-electron chi connectivity index (χ2n) is 6.37. The Hall–Kier alpha value is -3.70. The van der Waals surface area contributed by atoms with Crippen LogP contribution in [0.4, 0.5) is 0 Å². The van der Waals surface area contributed by atoms with Crippen molar-refractivity contribution >= 4 is 17.9 Å². The maximum Gasteiger partial charge on any atom is 0.336 e. The Kier molecular flexibility index (Phi) is 9.89. The lowest BCUT2D eigenvalue weighted by Crippen LogP contribution is -2.55. The van der Waals surface area contributed by atoms with Crippen LogP contribution in [0.5, 0.6) is 0 Å². The molecule has 0 saturated heterocycles. The van der Waals surface area contributed by atoms with Crippen LogP contribution in [0, 0.1) is 5.92 Å². The Bertz CT molecular complexity index is 950. The standard InChI is InChI=1S/C19H25N3O9/c1-5-14(23)29-10-7-20-17(26)21(8-11-30-15(24)6-2)19(28)22(18(20)27)9-12-31-16(25)13(3)4/h5-6,13H,1-2,7-12H2,3-4H3. The monoisotopic (exact) mass is 439 g/mol. The van der Waals surface area contributed by atoms with Gasteiger partial charge in [-0.05, 0) is 0 Å². The van der Waals surface area contributed by atoms with E-state index in [9.17, 15) is 28.8 Å². The minimum Gasteiger partial charge on any atom is -0.464 e. The smallest absolute Gasteiger partial charge is 0.336 e. The zero-order chi connectivity index (χ0) is 23.6. The molecule has 0 saturated carbocycles. The number of hydrogen-bond donors (Lipinski definition) is 0. The molecule has 0 aliphatic heterocycles. The Morgan fingerprint density at radius 3 is 1.35 bits per heavy atom. The first-order valence-corrected chi connectivity index (χ1v) is 9.33. The van der Waals surface area contributed by atoms with E-state index in [0.717, 1.165) is 12.2 Å². The Morgan fingerprint density at radius 1 is 0.742 bits per heavy atom. The molecule has 1 heterocycles. The second-order valence-corrected chi connectivity index (χ2v) is 6.37. The molecule has 1 rings (SSSR count). The molecule has 1 aromatic rings. The van der Waals surface area contributed by atoms with Crippen LogP contribution in [-0.2, 0) is 48.2 Å². The lowest BCUT2D eigenvalue weighted by Gasteiger charge is -2.14. The van der Waals surface area contributed by atoms with Crippen molar-refractivity contribution in [1.82, 2.24) is 13.7 Å². The third-order valence-electron chi connectivity index (χ3n) is 3.87. The lowest BCUT2D eigenvalue weighted by molar-refractivity contribution is -0.147. The molecule has 1 aromatic heterocycles. The van der Waals surface area contributed by atoms with E-state index >= 15 is 0 Å². The number of ether oxygens (including phenoxy) is 3. The molecule has 0 fully saturated rings. The molecule has 0 amide bonds. The molecule has 0 unspecified atom stereocenters. The van der Waals surface area contributed by atoms with Gasteiger partial charge in [0.25, 0.3) is 0 Å². The molecular formula is C19H25N3O9. The normalized spacial score (nSPS) is 10.4. The third-order valence-corrected chi connectivity index (χ3v) is 3.87. The fraction of sp³-hybridized carbons (Fsp3) is 0.474. The number of hydrogen-bond acceptors (Lipinski definition) is 9. The van der Waals surface area contributed by atoms with Gasteiger partial charge in [-0.25, -0.2) is 37.7 Å². The second kappa shape index (κ2) is 12.1. The number of carbonyl (C=O) groups is 3. The Labute approximate surface area is 176 Å². The number of esters is 3. The van der Waals surface area contributed by atoms with Crippen LogP contribution in [0.25, 0.3) is 0 Å². The van der Waals surface area contributed by atoms with E-state index in [1.807, 2.05) is 0 Å². The quantitative estimate of drug-likeness (QED) is 0.223. The van der Waals surface area contributed by atoms with Crippen LogP contribution < -0.4 is 17.1 Å². The van der Waals surface area contributed by atoms with Gasteiger partial charge in [0.1, 0.15) is 19.8 Å². The minimum atomic E-state index is -0.977. The number of nitrogens with zero attached hydrogens (tertiary/aromatic N) is 3. The highest BCUT2D eigenvalue weighted by molar-refractivity contribution is 5.81. The van der Waals surface area contributed by atoms with Gasteiger partial charge in [-0.3, -0.25) is 4.79 Å². The van der Waals surface area contributed by atoms with Gasteiger partial charge in [0.2, 0.25) is 0 Å². The molecule has 0 bridgehead atoms. The van der Waals surface area contributed by atoms with Crippen LogP contribution in [0.15, 0.2) is 39.7 Å². The van der Waals surface area contributed by atoms with E-state index in [1.54, 1.807) is 13.8 Å². The Balaban J connectivity index is 3.22. The number of rotatable bonds is 12. The van der Waals surface area contributed by atoms with Crippen molar-refractivity contribution in [3.05, 3.63) is 56.8 Å². The van der Waals surface area contributed by atoms with Gasteiger partial charge in [-0.1, -0.05) is 27.0 Å². The van der Waals surface area contributed by atoms with Crippen molar-refractivity contribution in [2.45, 2.75) is 33.5 Å². The summed E-state index contributed by atoms with van der Waals surface area (Å²) in [5.74, 6) is -2.42. The molecule has 0 aliphatic carbocycles. The molecule has 31 heavy (non-hydrogen) atoms. The van der Waals surface area contributed by atoms with Crippen molar-refractivity contribution in [2.75, 3.05) is 19.8 Å². The largest absolute Gasteiger partial charge is 0.464 e. The van der Waals surface area contributed by atoms with Crippen molar-refractivity contribution in [3.8, 4) is 0 Å². The fourth-order valence-corrected chi connectivity index (χ4v) is 2.25. The van der Waals surface area contributed by atoms with E-state index < -0.39 is 40.9 Å². The first-order chi connectivity index (χ1) is 14.6.